The first-order valence-corrected chi connectivity index (χ1v) is 8.47. The Labute approximate surface area is 135 Å². The van der Waals surface area contributed by atoms with Gasteiger partial charge in [0.2, 0.25) is 5.91 Å². The fourth-order valence-corrected chi connectivity index (χ4v) is 3.92. The zero-order chi connectivity index (χ0) is 16.4. The first-order valence-electron chi connectivity index (χ1n) is 8.47. The van der Waals surface area contributed by atoms with Gasteiger partial charge in [0.05, 0.1) is 12.1 Å². The second-order valence-corrected chi connectivity index (χ2v) is 6.81. The van der Waals surface area contributed by atoms with Crippen molar-refractivity contribution in [2.45, 2.75) is 57.1 Å². The molecule has 1 aliphatic carbocycles. The third kappa shape index (κ3) is 3.71. The molecule has 2 unspecified atom stereocenters. The lowest BCUT2D eigenvalue weighted by atomic mass is 10.00. The van der Waals surface area contributed by atoms with E-state index in [0.29, 0.717) is 12.3 Å². The maximum Gasteiger partial charge on any atom is 0.223 e. The lowest BCUT2D eigenvalue weighted by molar-refractivity contribution is -0.132. The molecule has 1 saturated heterocycles. The number of β-amino-alcohol motifs (C(OH)–C–C–N with tert-alkyl or cyclic N) is 1. The van der Waals surface area contributed by atoms with Gasteiger partial charge in [0, 0.05) is 18.5 Å². The van der Waals surface area contributed by atoms with Crippen molar-refractivity contribution in [1.82, 2.24) is 4.90 Å². The van der Waals surface area contributed by atoms with Gasteiger partial charge < -0.3 is 10.0 Å². The average Bonchev–Trinajstić information content (AvgIpc) is 3.16. The maximum absolute atomic E-state index is 14.0. The molecule has 1 saturated carbocycles. The van der Waals surface area contributed by atoms with Gasteiger partial charge in [-0.15, -0.1) is 0 Å². The molecule has 1 heterocycles. The van der Waals surface area contributed by atoms with E-state index in [1.807, 2.05) is 0 Å². The number of rotatable bonds is 4. The third-order valence-electron chi connectivity index (χ3n) is 5.16. The smallest absolute Gasteiger partial charge is 0.223 e. The maximum atomic E-state index is 14.0. The van der Waals surface area contributed by atoms with Crippen LogP contribution in [0.2, 0.25) is 0 Å². The van der Waals surface area contributed by atoms with E-state index in [0.717, 1.165) is 24.6 Å². The fourth-order valence-electron chi connectivity index (χ4n) is 3.92. The summed E-state index contributed by atoms with van der Waals surface area (Å²) in [4.78, 5) is 14.1. The normalized spacial score (nSPS) is 25.3. The molecule has 23 heavy (non-hydrogen) atoms. The van der Waals surface area contributed by atoms with Crippen LogP contribution in [0.15, 0.2) is 18.2 Å². The van der Waals surface area contributed by atoms with Crippen LogP contribution in [-0.4, -0.2) is 28.6 Å². The van der Waals surface area contributed by atoms with Crippen LogP contribution in [0.25, 0.3) is 0 Å². The molecule has 1 aliphatic heterocycles. The number of halogens is 2. The van der Waals surface area contributed by atoms with E-state index < -0.39 is 23.8 Å². The Bertz CT molecular complexity index is 572. The summed E-state index contributed by atoms with van der Waals surface area (Å²) in [6.45, 7) is 0.199. The summed E-state index contributed by atoms with van der Waals surface area (Å²) in [7, 11) is 0. The Morgan fingerprint density at radius 3 is 2.74 bits per heavy atom. The van der Waals surface area contributed by atoms with Crippen LogP contribution in [0.4, 0.5) is 8.78 Å². The highest BCUT2D eigenvalue weighted by Gasteiger charge is 2.36. The standard InChI is InChI=1S/C18H23F2NO2/c19-13-6-7-16(20)15(9-13)17-10-14(22)11-21(17)18(23)8-5-12-3-1-2-4-12/h6-7,9,12,14,17,22H,1-5,8,10-11H2. The Morgan fingerprint density at radius 1 is 1.26 bits per heavy atom. The molecule has 1 N–H and O–H groups in total. The molecule has 2 aliphatic rings. The molecule has 0 spiro atoms. The van der Waals surface area contributed by atoms with Crippen LogP contribution >= 0.6 is 0 Å². The van der Waals surface area contributed by atoms with Crippen molar-refractivity contribution in [2.24, 2.45) is 5.92 Å². The number of aliphatic hydroxyl groups is 1. The van der Waals surface area contributed by atoms with Gasteiger partial charge in [0.15, 0.2) is 0 Å². The summed E-state index contributed by atoms with van der Waals surface area (Å²) in [5, 5.41) is 9.91. The first kappa shape index (κ1) is 16.4. The van der Waals surface area contributed by atoms with E-state index in [9.17, 15) is 18.7 Å². The van der Waals surface area contributed by atoms with Gasteiger partial charge in [0.25, 0.3) is 0 Å². The van der Waals surface area contributed by atoms with Crippen molar-refractivity contribution < 1.29 is 18.7 Å². The summed E-state index contributed by atoms with van der Waals surface area (Å²) >= 11 is 0. The summed E-state index contributed by atoms with van der Waals surface area (Å²) in [6, 6.07) is 2.71. The molecule has 1 amide bonds. The van der Waals surface area contributed by atoms with Gasteiger partial charge in [-0.2, -0.15) is 0 Å². The average molecular weight is 323 g/mol. The van der Waals surface area contributed by atoms with Gasteiger partial charge in [0.1, 0.15) is 11.6 Å². The van der Waals surface area contributed by atoms with Crippen molar-refractivity contribution in [3.05, 3.63) is 35.4 Å². The van der Waals surface area contributed by atoms with Crippen LogP contribution < -0.4 is 0 Å². The number of nitrogens with zero attached hydrogens (tertiary/aromatic N) is 1. The molecule has 0 aromatic heterocycles. The fraction of sp³-hybridized carbons (Fsp3) is 0.611. The summed E-state index contributed by atoms with van der Waals surface area (Å²) in [5.74, 6) is -0.516. The highest BCUT2D eigenvalue weighted by molar-refractivity contribution is 5.77. The van der Waals surface area contributed by atoms with E-state index in [4.69, 9.17) is 0 Å². The van der Waals surface area contributed by atoms with Gasteiger partial charge in [-0.05, 0) is 37.0 Å². The Hall–Kier alpha value is -1.49. The zero-order valence-electron chi connectivity index (χ0n) is 13.2. The van der Waals surface area contributed by atoms with E-state index in [-0.39, 0.29) is 24.4 Å². The predicted molar refractivity (Wildman–Crippen MR) is 82.6 cm³/mol. The van der Waals surface area contributed by atoms with Gasteiger partial charge in [-0.25, -0.2) is 8.78 Å². The molecular formula is C18H23F2NO2. The number of carbonyl (C=O) groups excluding carboxylic acids is 1. The monoisotopic (exact) mass is 323 g/mol. The molecule has 5 heteroatoms. The van der Waals surface area contributed by atoms with Crippen LogP contribution in [0.5, 0.6) is 0 Å². The number of hydrogen-bond acceptors (Lipinski definition) is 2. The van der Waals surface area contributed by atoms with Crippen molar-refractivity contribution in [3.8, 4) is 0 Å². The quantitative estimate of drug-likeness (QED) is 0.920. The predicted octanol–water partition coefficient (Wildman–Crippen LogP) is 3.57. The van der Waals surface area contributed by atoms with Crippen LogP contribution in [0.1, 0.15) is 56.6 Å². The van der Waals surface area contributed by atoms with Gasteiger partial charge in [-0.1, -0.05) is 25.7 Å². The zero-order valence-corrected chi connectivity index (χ0v) is 13.2. The number of benzene rings is 1. The summed E-state index contributed by atoms with van der Waals surface area (Å²) in [6.07, 6.45) is 5.68. The lowest BCUT2D eigenvalue weighted by Crippen LogP contribution is -2.32. The second kappa shape index (κ2) is 6.95. The van der Waals surface area contributed by atoms with E-state index >= 15 is 0 Å². The number of amides is 1. The highest BCUT2D eigenvalue weighted by Crippen LogP contribution is 2.35. The summed E-state index contributed by atoms with van der Waals surface area (Å²) in [5.41, 5.74) is 0.163. The Balaban J connectivity index is 1.71. The molecule has 1 aromatic carbocycles. The number of aliphatic hydroxyl groups excluding tert-OH is 1. The largest absolute Gasteiger partial charge is 0.391 e. The molecule has 0 bridgehead atoms. The molecule has 126 valence electrons. The van der Waals surface area contributed by atoms with Crippen LogP contribution in [-0.2, 0) is 4.79 Å². The van der Waals surface area contributed by atoms with E-state index in [1.54, 1.807) is 0 Å². The van der Waals surface area contributed by atoms with E-state index in [2.05, 4.69) is 0 Å². The first-order chi connectivity index (χ1) is 11.0. The minimum Gasteiger partial charge on any atom is -0.391 e. The molecule has 3 nitrogen and oxygen atoms in total. The number of hydrogen-bond donors (Lipinski definition) is 1. The minimum atomic E-state index is -0.682. The van der Waals surface area contributed by atoms with Gasteiger partial charge in [-0.3, -0.25) is 4.79 Å². The molecule has 1 aromatic rings. The Morgan fingerprint density at radius 2 is 2.00 bits per heavy atom. The van der Waals surface area contributed by atoms with Crippen molar-refractivity contribution in [1.29, 1.82) is 0 Å². The molecule has 3 rings (SSSR count). The van der Waals surface area contributed by atoms with Gasteiger partial charge >= 0.3 is 0 Å². The van der Waals surface area contributed by atoms with Crippen LogP contribution in [0, 0.1) is 17.6 Å². The SMILES string of the molecule is O=C(CCC1CCCC1)N1CC(O)CC1c1cc(F)ccc1F. The minimum absolute atomic E-state index is 0.0675. The van der Waals surface area contributed by atoms with Crippen molar-refractivity contribution in [2.75, 3.05) is 6.54 Å². The molecule has 2 fully saturated rings. The summed E-state index contributed by atoms with van der Waals surface area (Å²) < 4.78 is 27.5. The Kier molecular flexibility index (Phi) is 4.95. The highest BCUT2D eigenvalue weighted by atomic mass is 19.1. The second-order valence-electron chi connectivity index (χ2n) is 6.81. The molecule has 2 atom stereocenters. The molecule has 0 radical (unpaired) electrons. The number of likely N-dealkylation sites (tertiary alicyclic amines) is 1. The van der Waals surface area contributed by atoms with Crippen LogP contribution in [0.3, 0.4) is 0 Å². The van der Waals surface area contributed by atoms with E-state index in [1.165, 1.54) is 30.6 Å². The van der Waals surface area contributed by atoms with Crippen molar-refractivity contribution in [3.63, 3.8) is 0 Å². The van der Waals surface area contributed by atoms with Crippen molar-refractivity contribution >= 4 is 5.91 Å². The lowest BCUT2D eigenvalue weighted by Gasteiger charge is -2.25. The third-order valence-corrected chi connectivity index (χ3v) is 5.16. The number of carbonyl (C=O) groups is 1. The molecular weight excluding hydrogens is 300 g/mol. The topological polar surface area (TPSA) is 40.5 Å².